The molecule has 1 aliphatic rings. The van der Waals surface area contributed by atoms with E-state index in [1.807, 2.05) is 30.3 Å². The van der Waals surface area contributed by atoms with Gasteiger partial charge in [0.05, 0.1) is 6.07 Å². The third-order valence-corrected chi connectivity index (χ3v) is 3.50. The van der Waals surface area contributed by atoms with Crippen LogP contribution in [0.5, 0.6) is 0 Å². The van der Waals surface area contributed by atoms with E-state index in [2.05, 4.69) is 6.07 Å². The molecule has 0 atom stereocenters. The Kier molecular flexibility index (Phi) is 2.30. The van der Waals surface area contributed by atoms with Gasteiger partial charge in [-0.05, 0) is 12.1 Å². The summed E-state index contributed by atoms with van der Waals surface area (Å²) >= 11 is 1.50. The van der Waals surface area contributed by atoms with E-state index in [0.29, 0.717) is 12.8 Å². The molecule has 0 bridgehead atoms. The fourth-order valence-electron chi connectivity index (χ4n) is 1.47. The van der Waals surface area contributed by atoms with Crippen molar-refractivity contribution < 1.29 is 4.79 Å². The number of carbonyl (C=O) groups excluding carboxylic acids is 1. The minimum atomic E-state index is -0.488. The van der Waals surface area contributed by atoms with Crippen LogP contribution >= 0.6 is 11.8 Å². The van der Waals surface area contributed by atoms with E-state index < -0.39 is 4.75 Å². The molecule has 0 unspecified atom stereocenters. The molecule has 2 nitrogen and oxygen atoms in total. The van der Waals surface area contributed by atoms with Gasteiger partial charge in [-0.25, -0.2) is 0 Å². The van der Waals surface area contributed by atoms with Crippen molar-refractivity contribution in [3.05, 3.63) is 30.3 Å². The summed E-state index contributed by atoms with van der Waals surface area (Å²) in [5.74, 6) is 0.190. The third kappa shape index (κ3) is 1.66. The van der Waals surface area contributed by atoms with E-state index >= 15 is 0 Å². The molecule has 0 heterocycles. The predicted molar refractivity (Wildman–Crippen MR) is 54.9 cm³/mol. The lowest BCUT2D eigenvalue weighted by atomic mass is 9.84. The fraction of sp³-hybridized carbons (Fsp3) is 0.273. The maximum atomic E-state index is 10.9. The van der Waals surface area contributed by atoms with Gasteiger partial charge >= 0.3 is 0 Å². The summed E-state index contributed by atoms with van der Waals surface area (Å²) in [7, 11) is 0. The van der Waals surface area contributed by atoms with Crippen LogP contribution in [0.3, 0.4) is 0 Å². The minimum absolute atomic E-state index is 0.190. The number of rotatable bonds is 2. The summed E-state index contributed by atoms with van der Waals surface area (Å²) in [5, 5.41) is 8.99. The molecule has 0 spiro atoms. The number of hydrogen-bond acceptors (Lipinski definition) is 3. The van der Waals surface area contributed by atoms with E-state index in [1.54, 1.807) is 0 Å². The first-order chi connectivity index (χ1) is 6.74. The zero-order valence-corrected chi connectivity index (χ0v) is 8.38. The van der Waals surface area contributed by atoms with Gasteiger partial charge in [-0.15, -0.1) is 11.8 Å². The van der Waals surface area contributed by atoms with Crippen molar-refractivity contribution in [1.82, 2.24) is 0 Å². The lowest BCUT2D eigenvalue weighted by Gasteiger charge is -2.32. The number of nitriles is 1. The summed E-state index contributed by atoms with van der Waals surface area (Å²) in [4.78, 5) is 12.0. The number of nitrogens with zero attached hydrogens (tertiary/aromatic N) is 1. The highest BCUT2D eigenvalue weighted by molar-refractivity contribution is 8.01. The molecule has 3 heteroatoms. The zero-order valence-electron chi connectivity index (χ0n) is 7.56. The smallest absolute Gasteiger partial charge is 0.137 e. The van der Waals surface area contributed by atoms with Gasteiger partial charge in [0.15, 0.2) is 0 Å². The largest absolute Gasteiger partial charge is 0.300 e. The Balaban J connectivity index is 2.11. The van der Waals surface area contributed by atoms with Crippen LogP contribution in [0.4, 0.5) is 0 Å². The van der Waals surface area contributed by atoms with Crippen LogP contribution in [0, 0.1) is 11.3 Å². The van der Waals surface area contributed by atoms with Crippen molar-refractivity contribution in [3.8, 4) is 6.07 Å². The molecular formula is C11H9NOS. The summed E-state index contributed by atoms with van der Waals surface area (Å²) in [5.41, 5.74) is 0. The van der Waals surface area contributed by atoms with E-state index in [4.69, 9.17) is 5.26 Å². The van der Waals surface area contributed by atoms with Gasteiger partial charge in [0.1, 0.15) is 10.5 Å². The second-order valence-electron chi connectivity index (χ2n) is 3.41. The van der Waals surface area contributed by atoms with Gasteiger partial charge in [-0.2, -0.15) is 5.26 Å². The predicted octanol–water partition coefficient (Wildman–Crippen LogP) is 2.40. The number of benzene rings is 1. The van der Waals surface area contributed by atoms with Crippen LogP contribution in [0.15, 0.2) is 35.2 Å². The molecule has 0 aliphatic heterocycles. The van der Waals surface area contributed by atoms with Crippen LogP contribution in [0.2, 0.25) is 0 Å². The van der Waals surface area contributed by atoms with E-state index in [9.17, 15) is 4.79 Å². The summed E-state index contributed by atoms with van der Waals surface area (Å²) in [6.07, 6.45) is 0.784. The van der Waals surface area contributed by atoms with E-state index in [0.717, 1.165) is 4.90 Å². The topological polar surface area (TPSA) is 40.9 Å². The van der Waals surface area contributed by atoms with Gasteiger partial charge in [0.2, 0.25) is 0 Å². The van der Waals surface area contributed by atoms with Crippen molar-refractivity contribution in [3.63, 3.8) is 0 Å². The van der Waals surface area contributed by atoms with Crippen molar-refractivity contribution in [2.75, 3.05) is 0 Å². The van der Waals surface area contributed by atoms with Crippen LogP contribution in [0.1, 0.15) is 12.8 Å². The molecule has 1 saturated carbocycles. The minimum Gasteiger partial charge on any atom is -0.300 e. The van der Waals surface area contributed by atoms with E-state index in [-0.39, 0.29) is 5.78 Å². The molecule has 1 aliphatic carbocycles. The van der Waals surface area contributed by atoms with Gasteiger partial charge in [0.25, 0.3) is 0 Å². The highest BCUT2D eigenvalue weighted by Crippen LogP contribution is 2.44. The van der Waals surface area contributed by atoms with Crippen LogP contribution in [-0.2, 0) is 4.79 Å². The average Bonchev–Trinajstić information content (AvgIpc) is 2.16. The second-order valence-corrected chi connectivity index (χ2v) is 4.87. The molecule has 0 saturated heterocycles. The molecule has 1 aromatic carbocycles. The van der Waals surface area contributed by atoms with Gasteiger partial charge < -0.3 is 0 Å². The van der Waals surface area contributed by atoms with Crippen LogP contribution in [-0.4, -0.2) is 10.5 Å². The normalized spacial score (nSPS) is 18.4. The number of ketones is 1. The summed E-state index contributed by atoms with van der Waals surface area (Å²) < 4.78 is -0.488. The molecule has 70 valence electrons. The molecule has 0 N–H and O–H groups in total. The number of carbonyl (C=O) groups is 1. The molecule has 2 rings (SSSR count). The molecule has 0 amide bonds. The Labute approximate surface area is 86.9 Å². The highest BCUT2D eigenvalue weighted by Gasteiger charge is 2.44. The number of Topliss-reactive ketones (excluding diaryl/α,β-unsaturated/α-hetero) is 1. The lowest BCUT2D eigenvalue weighted by molar-refractivity contribution is -0.124. The van der Waals surface area contributed by atoms with Crippen molar-refractivity contribution in [2.45, 2.75) is 22.5 Å². The van der Waals surface area contributed by atoms with Crippen molar-refractivity contribution in [2.24, 2.45) is 0 Å². The number of thioether (sulfide) groups is 1. The number of hydrogen-bond donors (Lipinski definition) is 0. The van der Waals surface area contributed by atoms with E-state index in [1.165, 1.54) is 11.8 Å². The molecule has 1 fully saturated rings. The van der Waals surface area contributed by atoms with Crippen LogP contribution in [0.25, 0.3) is 0 Å². The first kappa shape index (κ1) is 9.29. The van der Waals surface area contributed by atoms with Gasteiger partial charge in [0, 0.05) is 17.7 Å². The first-order valence-electron chi connectivity index (χ1n) is 4.41. The Morgan fingerprint density at radius 1 is 1.29 bits per heavy atom. The van der Waals surface area contributed by atoms with Crippen molar-refractivity contribution in [1.29, 1.82) is 5.26 Å². The third-order valence-electron chi connectivity index (χ3n) is 2.23. The monoisotopic (exact) mass is 203 g/mol. The molecule has 1 aromatic rings. The lowest BCUT2D eigenvalue weighted by Crippen LogP contribution is -2.39. The maximum absolute atomic E-state index is 10.9. The molecule has 0 aromatic heterocycles. The quantitative estimate of drug-likeness (QED) is 0.741. The Bertz CT molecular complexity index is 385. The Morgan fingerprint density at radius 3 is 2.43 bits per heavy atom. The van der Waals surface area contributed by atoms with Crippen molar-refractivity contribution >= 4 is 17.5 Å². The Hall–Kier alpha value is -1.27. The summed E-state index contributed by atoms with van der Waals surface area (Å²) in [6.45, 7) is 0. The van der Waals surface area contributed by atoms with Gasteiger partial charge in [-0.1, -0.05) is 18.2 Å². The summed E-state index contributed by atoms with van der Waals surface area (Å²) in [6, 6.07) is 12.0. The average molecular weight is 203 g/mol. The fourth-order valence-corrected chi connectivity index (χ4v) is 2.73. The maximum Gasteiger partial charge on any atom is 0.137 e. The molecule has 0 radical (unpaired) electrons. The molecule has 14 heavy (non-hydrogen) atoms. The SMILES string of the molecule is N#CC1(Sc2ccccc2)CC(=O)C1. The highest BCUT2D eigenvalue weighted by atomic mass is 32.2. The Morgan fingerprint density at radius 2 is 1.93 bits per heavy atom. The zero-order chi connectivity index (χ0) is 10.0. The van der Waals surface area contributed by atoms with Gasteiger partial charge in [-0.3, -0.25) is 4.79 Å². The first-order valence-corrected chi connectivity index (χ1v) is 5.23. The standard InChI is InChI=1S/C11H9NOS/c12-8-11(6-9(13)7-11)14-10-4-2-1-3-5-10/h1-5H,6-7H2. The van der Waals surface area contributed by atoms with Crippen LogP contribution < -0.4 is 0 Å². The second kappa shape index (κ2) is 3.47. The molecular weight excluding hydrogens is 194 g/mol.